The highest BCUT2D eigenvalue weighted by molar-refractivity contribution is 6.04. The number of hydrogen-bond donors (Lipinski definition) is 2. The molecule has 4 heterocycles. The van der Waals surface area contributed by atoms with Gasteiger partial charge in [0.2, 0.25) is 5.88 Å². The summed E-state index contributed by atoms with van der Waals surface area (Å²) in [5.41, 5.74) is 2.47. The number of hydrogen-bond acceptors (Lipinski definition) is 8. The van der Waals surface area contributed by atoms with Crippen LogP contribution < -0.4 is 15.0 Å². The fourth-order valence-electron chi connectivity index (χ4n) is 3.92. The van der Waals surface area contributed by atoms with E-state index in [-0.39, 0.29) is 12.3 Å². The van der Waals surface area contributed by atoms with E-state index in [1.807, 2.05) is 19.1 Å². The molecule has 1 aliphatic rings. The number of aromatic nitrogens is 3. The predicted octanol–water partition coefficient (Wildman–Crippen LogP) is 3.90. The van der Waals surface area contributed by atoms with E-state index in [0.717, 1.165) is 22.5 Å². The van der Waals surface area contributed by atoms with E-state index in [4.69, 9.17) is 9.47 Å². The van der Waals surface area contributed by atoms with Crippen molar-refractivity contribution in [3.8, 4) is 17.0 Å². The Hall–Kier alpha value is -3.63. The molecular weight excluding hydrogens is 477 g/mol. The number of nitrogens with zero attached hydrogens (tertiary/aromatic N) is 4. The number of pyridine rings is 3. The number of anilines is 2. The zero-order valence-electron chi connectivity index (χ0n) is 21.5. The fraction of sp³-hybridized carbons (Fsp3) is 0.407. The number of aryl methyl sites for hydroxylation is 1. The van der Waals surface area contributed by atoms with Crippen LogP contribution in [-0.4, -0.2) is 65.0 Å². The van der Waals surface area contributed by atoms with Gasteiger partial charge in [0, 0.05) is 47.9 Å². The number of halogens is 1. The molecule has 3 aromatic heterocycles. The van der Waals surface area contributed by atoms with E-state index >= 15 is 0 Å². The van der Waals surface area contributed by atoms with E-state index in [1.165, 1.54) is 32.2 Å². The summed E-state index contributed by atoms with van der Waals surface area (Å²) in [6.07, 6.45) is 4.06. The van der Waals surface area contributed by atoms with Gasteiger partial charge in [0.15, 0.2) is 0 Å². The summed E-state index contributed by atoms with van der Waals surface area (Å²) in [5, 5.41) is 12.5. The van der Waals surface area contributed by atoms with Crippen molar-refractivity contribution >= 4 is 17.3 Å². The second-order valence-electron chi connectivity index (χ2n) is 9.52. The van der Waals surface area contributed by atoms with Gasteiger partial charge in [0.05, 0.1) is 36.9 Å². The molecule has 0 aliphatic carbocycles. The van der Waals surface area contributed by atoms with Crippen molar-refractivity contribution in [2.24, 2.45) is 0 Å². The van der Waals surface area contributed by atoms with Gasteiger partial charge in [-0.25, -0.2) is 9.37 Å². The molecule has 0 aromatic carbocycles. The molecule has 4 rings (SSSR count). The average Bonchev–Trinajstić information content (AvgIpc) is 2.88. The lowest BCUT2D eigenvalue weighted by Crippen LogP contribution is -2.36. The maximum Gasteiger partial charge on any atom is 0.255 e. The molecule has 0 spiro atoms. The number of nitrogens with one attached hydrogen (secondary N) is 1. The third-order valence-electron chi connectivity index (χ3n) is 5.93. The second kappa shape index (κ2) is 11.2. The third kappa shape index (κ3) is 6.58. The van der Waals surface area contributed by atoms with Crippen molar-refractivity contribution in [1.29, 1.82) is 0 Å². The Morgan fingerprint density at radius 1 is 1.22 bits per heavy atom. The van der Waals surface area contributed by atoms with E-state index in [2.05, 4.69) is 25.2 Å². The van der Waals surface area contributed by atoms with E-state index in [0.29, 0.717) is 43.4 Å². The normalized spacial score (nSPS) is 14.8. The van der Waals surface area contributed by atoms with Gasteiger partial charge in [-0.1, -0.05) is 0 Å². The van der Waals surface area contributed by atoms with Crippen molar-refractivity contribution in [2.45, 2.75) is 39.5 Å². The van der Waals surface area contributed by atoms with Crippen LogP contribution in [0.15, 0.2) is 42.9 Å². The smallest absolute Gasteiger partial charge is 0.255 e. The highest BCUT2D eigenvalue weighted by Gasteiger charge is 2.22. The quantitative estimate of drug-likeness (QED) is 0.471. The highest BCUT2D eigenvalue weighted by Crippen LogP contribution is 2.34. The summed E-state index contributed by atoms with van der Waals surface area (Å²) in [7, 11) is 0. The molecule has 10 heteroatoms. The minimum Gasteiger partial charge on any atom is -0.473 e. The molecule has 1 amide bonds. The summed E-state index contributed by atoms with van der Waals surface area (Å²) in [4.78, 5) is 28.1. The third-order valence-corrected chi connectivity index (χ3v) is 5.93. The Labute approximate surface area is 215 Å². The van der Waals surface area contributed by atoms with Crippen LogP contribution in [0, 0.1) is 6.92 Å². The number of aliphatic hydroxyl groups is 1. The van der Waals surface area contributed by atoms with Gasteiger partial charge in [-0.3, -0.25) is 14.8 Å². The number of rotatable bonds is 8. The first-order chi connectivity index (χ1) is 17.6. The first-order valence-corrected chi connectivity index (χ1v) is 12.2. The number of alkyl halides is 1. The summed E-state index contributed by atoms with van der Waals surface area (Å²) >= 11 is 0. The van der Waals surface area contributed by atoms with Crippen molar-refractivity contribution in [3.63, 3.8) is 0 Å². The molecule has 1 unspecified atom stereocenters. The van der Waals surface area contributed by atoms with Crippen molar-refractivity contribution in [2.75, 3.05) is 43.1 Å². The van der Waals surface area contributed by atoms with Gasteiger partial charge >= 0.3 is 0 Å². The average molecular weight is 510 g/mol. The number of ether oxygens (including phenoxy) is 2. The van der Waals surface area contributed by atoms with Crippen LogP contribution in [0.2, 0.25) is 0 Å². The van der Waals surface area contributed by atoms with Gasteiger partial charge in [-0.05, 0) is 52.0 Å². The van der Waals surface area contributed by atoms with Crippen molar-refractivity contribution in [1.82, 2.24) is 15.0 Å². The topological polar surface area (TPSA) is 110 Å². The summed E-state index contributed by atoms with van der Waals surface area (Å²) in [6, 6.07) is 6.79. The van der Waals surface area contributed by atoms with E-state index in [9.17, 15) is 14.3 Å². The SMILES string of the molecule is Cc1ncc(NC(=O)c2ccnc(C(C)(C)F)c2)cc1-c1cnc(OCC(C)O)c(N2CCOCC2)c1. The van der Waals surface area contributed by atoms with Crippen LogP contribution in [0.5, 0.6) is 5.88 Å². The summed E-state index contributed by atoms with van der Waals surface area (Å²) < 4.78 is 25.6. The Morgan fingerprint density at radius 2 is 1.97 bits per heavy atom. The van der Waals surface area contributed by atoms with Crippen LogP contribution in [0.25, 0.3) is 11.1 Å². The van der Waals surface area contributed by atoms with Gasteiger partial charge in [-0.2, -0.15) is 0 Å². The lowest BCUT2D eigenvalue weighted by Gasteiger charge is -2.30. The molecule has 37 heavy (non-hydrogen) atoms. The first-order valence-electron chi connectivity index (χ1n) is 12.2. The van der Waals surface area contributed by atoms with Crippen LogP contribution >= 0.6 is 0 Å². The molecule has 0 radical (unpaired) electrons. The zero-order chi connectivity index (χ0) is 26.6. The number of amides is 1. The molecule has 196 valence electrons. The standard InChI is InChI=1S/C27H32FN5O4/c1-17(34)16-37-26-23(33-7-9-36-10-8-33)11-20(14-31-26)22-13-21(15-30-18(22)2)32-25(35)19-5-6-29-24(12-19)27(3,4)28/h5-6,11-15,17,34H,7-10,16H2,1-4H3,(H,32,35). The van der Waals surface area contributed by atoms with Crippen molar-refractivity contribution in [3.05, 3.63) is 59.8 Å². The molecule has 1 atom stereocenters. The maximum atomic E-state index is 14.3. The maximum absolute atomic E-state index is 14.3. The molecule has 3 aromatic rings. The zero-order valence-corrected chi connectivity index (χ0v) is 21.5. The van der Waals surface area contributed by atoms with Crippen LogP contribution in [0.3, 0.4) is 0 Å². The number of carbonyl (C=O) groups excluding carboxylic acids is 1. The first kappa shape index (κ1) is 26.4. The predicted molar refractivity (Wildman–Crippen MR) is 139 cm³/mol. The Morgan fingerprint density at radius 3 is 2.68 bits per heavy atom. The minimum absolute atomic E-state index is 0.127. The molecule has 1 fully saturated rings. The van der Waals surface area contributed by atoms with Crippen LogP contribution in [0.1, 0.15) is 42.5 Å². The monoisotopic (exact) mass is 509 g/mol. The van der Waals surface area contributed by atoms with Gasteiger partial charge in [0.1, 0.15) is 18.0 Å². The Balaban J connectivity index is 1.62. The summed E-state index contributed by atoms with van der Waals surface area (Å²) in [5.74, 6) is 0.0457. The van der Waals surface area contributed by atoms with E-state index in [1.54, 1.807) is 19.3 Å². The molecule has 9 nitrogen and oxygen atoms in total. The van der Waals surface area contributed by atoms with E-state index < -0.39 is 17.7 Å². The Kier molecular flexibility index (Phi) is 7.99. The molecule has 1 saturated heterocycles. The molecule has 1 aliphatic heterocycles. The lowest BCUT2D eigenvalue weighted by molar-refractivity contribution is 0.102. The molecular formula is C27H32FN5O4. The summed E-state index contributed by atoms with van der Waals surface area (Å²) in [6.45, 7) is 9.02. The lowest BCUT2D eigenvalue weighted by atomic mass is 10.0. The van der Waals surface area contributed by atoms with Crippen LogP contribution in [-0.2, 0) is 10.4 Å². The Bertz CT molecular complexity index is 1260. The number of morpholine rings is 1. The van der Waals surface area contributed by atoms with Crippen molar-refractivity contribution < 1.29 is 23.8 Å². The molecule has 0 bridgehead atoms. The van der Waals surface area contributed by atoms with Gasteiger partial charge in [-0.15, -0.1) is 0 Å². The van der Waals surface area contributed by atoms with Gasteiger partial charge < -0.3 is 24.8 Å². The number of aliphatic hydroxyl groups excluding tert-OH is 1. The molecule has 2 N–H and O–H groups in total. The second-order valence-corrected chi connectivity index (χ2v) is 9.52. The number of carbonyl (C=O) groups is 1. The largest absolute Gasteiger partial charge is 0.473 e. The molecule has 0 saturated carbocycles. The van der Waals surface area contributed by atoms with Gasteiger partial charge in [0.25, 0.3) is 5.91 Å². The fourth-order valence-corrected chi connectivity index (χ4v) is 3.92. The van der Waals surface area contributed by atoms with Crippen LogP contribution in [0.4, 0.5) is 15.8 Å². The minimum atomic E-state index is -1.66. The highest BCUT2D eigenvalue weighted by atomic mass is 19.1.